The van der Waals surface area contributed by atoms with E-state index in [1.165, 1.54) is 5.56 Å². The molecule has 17 heavy (non-hydrogen) atoms. The molecule has 1 aromatic rings. The Morgan fingerprint density at radius 2 is 1.76 bits per heavy atom. The van der Waals surface area contributed by atoms with E-state index in [2.05, 4.69) is 32.7 Å². The maximum atomic E-state index is 6.34. The van der Waals surface area contributed by atoms with E-state index in [1.54, 1.807) is 6.20 Å². The predicted molar refractivity (Wildman–Crippen MR) is 73.5 cm³/mol. The molecule has 3 heteroatoms. The summed E-state index contributed by atoms with van der Waals surface area (Å²) in [7, 11) is 0. The van der Waals surface area contributed by atoms with Gasteiger partial charge in [0, 0.05) is 12.2 Å². The van der Waals surface area contributed by atoms with Crippen molar-refractivity contribution in [2.75, 3.05) is 5.73 Å². The molecule has 0 bridgehead atoms. The molecule has 4 N–H and O–H groups in total. The van der Waals surface area contributed by atoms with Crippen LogP contribution in [0.1, 0.15) is 33.3 Å². The fourth-order valence-corrected chi connectivity index (χ4v) is 2.79. The number of anilines is 1. The minimum Gasteiger partial charge on any atom is -0.384 e. The summed E-state index contributed by atoms with van der Waals surface area (Å²) in [5.41, 5.74) is 13.2. The highest BCUT2D eigenvalue weighted by molar-refractivity contribution is 5.32. The first kappa shape index (κ1) is 14.0. The zero-order chi connectivity index (χ0) is 13.0. The third kappa shape index (κ3) is 4.00. The largest absolute Gasteiger partial charge is 0.384 e. The maximum absolute atomic E-state index is 6.34. The molecule has 1 atom stereocenters. The third-order valence-electron chi connectivity index (χ3n) is 3.35. The lowest BCUT2D eigenvalue weighted by atomic mass is 9.78. The fourth-order valence-electron chi connectivity index (χ4n) is 2.79. The lowest BCUT2D eigenvalue weighted by Gasteiger charge is -2.31. The highest BCUT2D eigenvalue weighted by Crippen LogP contribution is 2.25. The summed E-state index contributed by atoms with van der Waals surface area (Å²) < 4.78 is 0. The molecule has 0 aromatic carbocycles. The quantitative estimate of drug-likeness (QED) is 0.824. The van der Waals surface area contributed by atoms with Crippen LogP contribution in [-0.2, 0) is 6.42 Å². The molecular formula is C14H25N3. The Bertz CT molecular complexity index is 339. The van der Waals surface area contributed by atoms with Gasteiger partial charge in [0.1, 0.15) is 5.82 Å². The Balaban J connectivity index is 2.73. The highest BCUT2D eigenvalue weighted by Gasteiger charge is 2.24. The Kier molecular flexibility index (Phi) is 4.94. The average Bonchev–Trinajstić information content (AvgIpc) is 2.15. The van der Waals surface area contributed by atoms with Crippen molar-refractivity contribution in [3.63, 3.8) is 0 Å². The molecule has 0 aliphatic rings. The molecule has 1 heterocycles. The first-order valence-corrected chi connectivity index (χ1v) is 6.37. The van der Waals surface area contributed by atoms with Gasteiger partial charge < -0.3 is 11.5 Å². The lowest BCUT2D eigenvalue weighted by molar-refractivity contribution is 0.237. The van der Waals surface area contributed by atoms with Crippen LogP contribution >= 0.6 is 0 Å². The summed E-state index contributed by atoms with van der Waals surface area (Å²) in [6.07, 6.45) is 2.62. The number of nitrogens with two attached hydrogens (primary N) is 2. The molecule has 0 saturated carbocycles. The van der Waals surface area contributed by atoms with Crippen LogP contribution in [-0.4, -0.2) is 11.0 Å². The zero-order valence-corrected chi connectivity index (χ0v) is 11.4. The highest BCUT2D eigenvalue weighted by atomic mass is 14.8. The van der Waals surface area contributed by atoms with Gasteiger partial charge in [-0.2, -0.15) is 0 Å². The van der Waals surface area contributed by atoms with Crippen LogP contribution in [0.5, 0.6) is 0 Å². The second-order valence-electron chi connectivity index (χ2n) is 5.52. The van der Waals surface area contributed by atoms with Crippen molar-refractivity contribution >= 4 is 5.82 Å². The van der Waals surface area contributed by atoms with Gasteiger partial charge in [0.25, 0.3) is 0 Å². The molecule has 0 aliphatic heterocycles. The molecule has 1 unspecified atom stereocenters. The van der Waals surface area contributed by atoms with E-state index in [0.29, 0.717) is 23.6 Å². The van der Waals surface area contributed by atoms with Crippen molar-refractivity contribution in [1.82, 2.24) is 4.98 Å². The second kappa shape index (κ2) is 6.01. The van der Waals surface area contributed by atoms with E-state index in [1.807, 2.05) is 12.1 Å². The van der Waals surface area contributed by atoms with Crippen molar-refractivity contribution < 1.29 is 0 Å². The smallest absolute Gasteiger partial charge is 0.123 e. The molecule has 1 aromatic heterocycles. The van der Waals surface area contributed by atoms with Gasteiger partial charge >= 0.3 is 0 Å². The predicted octanol–water partition coefficient (Wildman–Crippen LogP) is 2.46. The first-order valence-electron chi connectivity index (χ1n) is 6.37. The second-order valence-corrected chi connectivity index (χ2v) is 5.52. The number of rotatable bonds is 5. The first-order chi connectivity index (χ1) is 7.91. The van der Waals surface area contributed by atoms with Crippen LogP contribution in [0.15, 0.2) is 18.3 Å². The maximum Gasteiger partial charge on any atom is 0.123 e. The normalized spacial score (nSPS) is 13.6. The van der Waals surface area contributed by atoms with Gasteiger partial charge in [-0.25, -0.2) is 4.98 Å². The number of pyridine rings is 1. The Morgan fingerprint density at radius 3 is 2.24 bits per heavy atom. The molecule has 0 spiro atoms. The van der Waals surface area contributed by atoms with Crippen LogP contribution in [0.3, 0.4) is 0 Å². The number of nitrogens with zero attached hydrogens (tertiary/aromatic N) is 1. The molecule has 3 nitrogen and oxygen atoms in total. The lowest BCUT2D eigenvalue weighted by Crippen LogP contribution is -2.38. The monoisotopic (exact) mass is 235 g/mol. The van der Waals surface area contributed by atoms with Crippen molar-refractivity contribution in [3.8, 4) is 0 Å². The molecule has 96 valence electrons. The van der Waals surface area contributed by atoms with E-state index >= 15 is 0 Å². The average molecular weight is 235 g/mol. The summed E-state index contributed by atoms with van der Waals surface area (Å²) in [4.78, 5) is 4.00. The van der Waals surface area contributed by atoms with Crippen LogP contribution in [0.2, 0.25) is 0 Å². The Hall–Kier alpha value is -1.09. The van der Waals surface area contributed by atoms with Gasteiger partial charge in [0.15, 0.2) is 0 Å². The van der Waals surface area contributed by atoms with Crippen molar-refractivity contribution in [2.45, 2.75) is 40.2 Å². The summed E-state index contributed by atoms with van der Waals surface area (Å²) in [6, 6.07) is 4.09. The Morgan fingerprint density at radius 1 is 1.18 bits per heavy atom. The number of hydrogen-bond acceptors (Lipinski definition) is 3. The molecule has 0 aliphatic carbocycles. The van der Waals surface area contributed by atoms with Gasteiger partial charge in [-0.3, -0.25) is 0 Å². The van der Waals surface area contributed by atoms with Crippen molar-refractivity contribution in [1.29, 1.82) is 0 Å². The zero-order valence-electron chi connectivity index (χ0n) is 11.4. The molecule has 0 amide bonds. The topological polar surface area (TPSA) is 64.9 Å². The summed E-state index contributed by atoms with van der Waals surface area (Å²) in [6.45, 7) is 8.97. The standard InChI is InChI=1S/C14H25N3/c1-9(2)14(10(3)4)12(15)7-11-5-6-17-13(16)8-11/h5-6,8-10,12,14H,7,15H2,1-4H3,(H2,16,17). The fraction of sp³-hybridized carbons (Fsp3) is 0.643. The van der Waals surface area contributed by atoms with Crippen molar-refractivity contribution in [2.24, 2.45) is 23.5 Å². The van der Waals surface area contributed by atoms with Gasteiger partial charge in [-0.1, -0.05) is 27.7 Å². The van der Waals surface area contributed by atoms with Crippen LogP contribution in [0.4, 0.5) is 5.82 Å². The number of aromatic nitrogens is 1. The van der Waals surface area contributed by atoms with Gasteiger partial charge in [0.05, 0.1) is 0 Å². The molecular weight excluding hydrogens is 210 g/mol. The third-order valence-corrected chi connectivity index (χ3v) is 3.35. The minimum absolute atomic E-state index is 0.178. The van der Waals surface area contributed by atoms with Crippen LogP contribution in [0, 0.1) is 17.8 Å². The van der Waals surface area contributed by atoms with E-state index in [9.17, 15) is 0 Å². The van der Waals surface area contributed by atoms with Crippen LogP contribution in [0.25, 0.3) is 0 Å². The summed E-state index contributed by atoms with van der Waals surface area (Å²) >= 11 is 0. The SMILES string of the molecule is CC(C)C(C(C)C)C(N)Cc1ccnc(N)c1. The molecule has 0 saturated heterocycles. The van der Waals surface area contributed by atoms with Crippen LogP contribution < -0.4 is 11.5 Å². The van der Waals surface area contributed by atoms with Crippen molar-refractivity contribution in [3.05, 3.63) is 23.9 Å². The molecule has 1 rings (SSSR count). The van der Waals surface area contributed by atoms with E-state index < -0.39 is 0 Å². The van der Waals surface area contributed by atoms with Gasteiger partial charge in [-0.05, 0) is 41.9 Å². The van der Waals surface area contributed by atoms with E-state index in [-0.39, 0.29) is 6.04 Å². The van der Waals surface area contributed by atoms with E-state index in [0.717, 1.165) is 6.42 Å². The molecule has 0 radical (unpaired) electrons. The number of hydrogen-bond donors (Lipinski definition) is 2. The number of nitrogen functional groups attached to an aromatic ring is 1. The van der Waals surface area contributed by atoms with Gasteiger partial charge in [0.2, 0.25) is 0 Å². The summed E-state index contributed by atoms with van der Waals surface area (Å²) in [5, 5.41) is 0. The minimum atomic E-state index is 0.178. The van der Waals surface area contributed by atoms with Gasteiger partial charge in [-0.15, -0.1) is 0 Å². The Labute approximate surface area is 105 Å². The van der Waals surface area contributed by atoms with E-state index in [4.69, 9.17) is 11.5 Å². The molecule has 0 fully saturated rings. The summed E-state index contributed by atoms with van der Waals surface area (Å²) in [5.74, 6) is 2.30.